The van der Waals surface area contributed by atoms with Gasteiger partial charge in [0.15, 0.2) is 0 Å². The van der Waals surface area contributed by atoms with Crippen LogP contribution in [0, 0.1) is 12.3 Å². The number of hydrogen-bond acceptors (Lipinski definition) is 2. The van der Waals surface area contributed by atoms with Gasteiger partial charge in [0, 0.05) is 24.1 Å². The zero-order valence-electron chi connectivity index (χ0n) is 13.7. The average Bonchev–Trinajstić information content (AvgIpc) is 2.41. The molecular weight excluding hydrogens is 258 g/mol. The van der Waals surface area contributed by atoms with Crippen molar-refractivity contribution in [1.29, 1.82) is 0 Å². The molecule has 2 aliphatic rings. The average molecular weight is 287 g/mol. The Morgan fingerprint density at radius 1 is 1.24 bits per heavy atom. The van der Waals surface area contributed by atoms with Crippen molar-refractivity contribution in [2.45, 2.75) is 71.1 Å². The lowest BCUT2D eigenvalue weighted by atomic mass is 9.51. The van der Waals surface area contributed by atoms with Crippen LogP contribution >= 0.6 is 0 Å². The molecule has 1 aromatic carbocycles. The molecule has 0 saturated heterocycles. The minimum atomic E-state index is 0.453. The highest BCUT2D eigenvalue weighted by molar-refractivity contribution is 5.25. The zero-order chi connectivity index (χ0) is 14.9. The second-order valence-electron chi connectivity index (χ2n) is 6.86. The first-order chi connectivity index (χ1) is 10.2. The molecule has 0 heterocycles. The van der Waals surface area contributed by atoms with Gasteiger partial charge in [0.25, 0.3) is 0 Å². The van der Waals surface area contributed by atoms with Crippen LogP contribution in [-0.4, -0.2) is 18.8 Å². The lowest BCUT2D eigenvalue weighted by Gasteiger charge is -2.62. The molecule has 0 radical (unpaired) electrons. The van der Waals surface area contributed by atoms with Gasteiger partial charge in [-0.2, -0.15) is 0 Å². The third kappa shape index (κ3) is 2.64. The topological polar surface area (TPSA) is 21.3 Å². The molecule has 1 spiro atoms. The molecule has 2 nitrogen and oxygen atoms in total. The van der Waals surface area contributed by atoms with E-state index >= 15 is 0 Å². The van der Waals surface area contributed by atoms with Gasteiger partial charge in [-0.1, -0.05) is 43.2 Å². The molecule has 0 aliphatic heterocycles. The number of aryl methyl sites for hydroxylation is 1. The number of ether oxygens (including phenoxy) is 1. The highest BCUT2D eigenvalue weighted by Gasteiger charge is 2.58. The van der Waals surface area contributed by atoms with Crippen LogP contribution in [0.5, 0.6) is 0 Å². The second-order valence-corrected chi connectivity index (χ2v) is 6.86. The van der Waals surface area contributed by atoms with E-state index in [2.05, 4.69) is 50.4 Å². The van der Waals surface area contributed by atoms with Crippen molar-refractivity contribution >= 4 is 0 Å². The summed E-state index contributed by atoms with van der Waals surface area (Å²) >= 11 is 0. The van der Waals surface area contributed by atoms with E-state index in [0.717, 1.165) is 13.0 Å². The Balaban J connectivity index is 1.66. The summed E-state index contributed by atoms with van der Waals surface area (Å²) in [6.45, 7) is 7.41. The van der Waals surface area contributed by atoms with Gasteiger partial charge in [-0.15, -0.1) is 0 Å². The summed E-state index contributed by atoms with van der Waals surface area (Å²) in [7, 11) is 0. The van der Waals surface area contributed by atoms with Crippen LogP contribution in [0.1, 0.15) is 63.1 Å². The number of rotatable bonds is 6. The van der Waals surface area contributed by atoms with Crippen LogP contribution in [-0.2, 0) is 4.74 Å². The van der Waals surface area contributed by atoms with E-state index in [0.29, 0.717) is 23.6 Å². The smallest absolute Gasteiger partial charge is 0.0661 e. The van der Waals surface area contributed by atoms with E-state index < -0.39 is 0 Å². The van der Waals surface area contributed by atoms with Crippen LogP contribution in [0.25, 0.3) is 0 Å². The molecule has 0 amide bonds. The number of nitrogens with one attached hydrogen (secondary N) is 1. The lowest BCUT2D eigenvalue weighted by molar-refractivity contribution is -0.175. The highest BCUT2D eigenvalue weighted by Crippen LogP contribution is 2.57. The van der Waals surface area contributed by atoms with E-state index in [-0.39, 0.29) is 0 Å². The normalized spacial score (nSPS) is 28.0. The Bertz CT molecular complexity index is 463. The molecule has 2 heteroatoms. The Morgan fingerprint density at radius 3 is 2.48 bits per heavy atom. The predicted molar refractivity (Wildman–Crippen MR) is 87.4 cm³/mol. The Hall–Kier alpha value is -0.860. The molecule has 3 atom stereocenters. The number of benzene rings is 1. The third-order valence-corrected chi connectivity index (χ3v) is 5.73. The van der Waals surface area contributed by atoms with Crippen molar-refractivity contribution < 1.29 is 4.74 Å². The largest absolute Gasteiger partial charge is 0.378 e. The molecule has 3 unspecified atom stereocenters. The van der Waals surface area contributed by atoms with E-state index in [9.17, 15) is 0 Å². The zero-order valence-corrected chi connectivity index (χ0v) is 13.7. The van der Waals surface area contributed by atoms with Gasteiger partial charge in [-0.3, -0.25) is 0 Å². The molecule has 0 aromatic heterocycles. The van der Waals surface area contributed by atoms with E-state index in [4.69, 9.17) is 4.74 Å². The van der Waals surface area contributed by atoms with Crippen molar-refractivity contribution in [3.8, 4) is 0 Å². The Labute approximate surface area is 129 Å². The van der Waals surface area contributed by atoms with Gasteiger partial charge >= 0.3 is 0 Å². The van der Waals surface area contributed by atoms with Crippen LogP contribution in [0.4, 0.5) is 0 Å². The maximum Gasteiger partial charge on any atom is 0.0661 e. The summed E-state index contributed by atoms with van der Waals surface area (Å²) in [5, 5.41) is 3.94. The van der Waals surface area contributed by atoms with Crippen LogP contribution in [0.3, 0.4) is 0 Å². The van der Waals surface area contributed by atoms with Crippen LogP contribution in [0.2, 0.25) is 0 Å². The minimum Gasteiger partial charge on any atom is -0.378 e. The molecule has 1 aromatic rings. The fourth-order valence-corrected chi connectivity index (χ4v) is 4.16. The summed E-state index contributed by atoms with van der Waals surface area (Å²) in [5.41, 5.74) is 3.22. The van der Waals surface area contributed by atoms with Crippen molar-refractivity contribution in [3.05, 3.63) is 35.4 Å². The van der Waals surface area contributed by atoms with Crippen molar-refractivity contribution in [1.82, 2.24) is 5.32 Å². The monoisotopic (exact) mass is 287 g/mol. The van der Waals surface area contributed by atoms with E-state index in [1.54, 1.807) is 0 Å². The summed E-state index contributed by atoms with van der Waals surface area (Å²) in [6, 6.07) is 10.1. The summed E-state index contributed by atoms with van der Waals surface area (Å²) in [6.07, 6.45) is 6.91. The van der Waals surface area contributed by atoms with Crippen LogP contribution in [0.15, 0.2) is 24.3 Å². The van der Waals surface area contributed by atoms with Gasteiger partial charge in [-0.25, -0.2) is 0 Å². The van der Waals surface area contributed by atoms with E-state index in [1.807, 2.05) is 0 Å². The summed E-state index contributed by atoms with van der Waals surface area (Å²) < 4.78 is 5.96. The number of hydrogen-bond donors (Lipinski definition) is 1. The van der Waals surface area contributed by atoms with Crippen molar-refractivity contribution in [2.24, 2.45) is 5.41 Å². The van der Waals surface area contributed by atoms with Gasteiger partial charge < -0.3 is 10.1 Å². The van der Waals surface area contributed by atoms with Gasteiger partial charge in [0.05, 0.1) is 6.10 Å². The fourth-order valence-electron chi connectivity index (χ4n) is 4.16. The van der Waals surface area contributed by atoms with Crippen LogP contribution < -0.4 is 5.32 Å². The lowest BCUT2D eigenvalue weighted by Crippen LogP contribution is -2.67. The van der Waals surface area contributed by atoms with Crippen molar-refractivity contribution in [3.63, 3.8) is 0 Å². The molecule has 0 bridgehead atoms. The molecule has 21 heavy (non-hydrogen) atoms. The third-order valence-electron chi connectivity index (χ3n) is 5.73. The quantitative estimate of drug-likeness (QED) is 0.838. The van der Waals surface area contributed by atoms with Crippen molar-refractivity contribution in [2.75, 3.05) is 6.61 Å². The van der Waals surface area contributed by atoms with Gasteiger partial charge in [0.1, 0.15) is 0 Å². The fraction of sp³-hybridized carbons (Fsp3) is 0.684. The SMILES string of the molecule is CCOC1CC(NC(CC)c2ccc(C)cc2)C12CCC2. The summed E-state index contributed by atoms with van der Waals surface area (Å²) in [4.78, 5) is 0. The molecule has 1 N–H and O–H groups in total. The minimum absolute atomic E-state index is 0.453. The molecular formula is C19H29NO. The molecule has 2 saturated carbocycles. The maximum absolute atomic E-state index is 5.96. The molecule has 2 fully saturated rings. The summed E-state index contributed by atoms with van der Waals surface area (Å²) in [5.74, 6) is 0. The standard InChI is InChI=1S/C19H29NO/c1-4-16(15-9-7-14(3)8-10-15)20-17-13-18(21-5-2)19(17)11-6-12-19/h7-10,16-18,20H,4-6,11-13H2,1-3H3. The van der Waals surface area contributed by atoms with Gasteiger partial charge in [0.2, 0.25) is 0 Å². The highest BCUT2D eigenvalue weighted by atomic mass is 16.5. The molecule has 3 rings (SSSR count). The first-order valence-electron chi connectivity index (χ1n) is 8.64. The Kier molecular flexibility index (Phi) is 4.37. The second kappa shape index (κ2) is 6.10. The molecule has 116 valence electrons. The Morgan fingerprint density at radius 2 is 1.95 bits per heavy atom. The first-order valence-corrected chi connectivity index (χ1v) is 8.64. The maximum atomic E-state index is 5.96. The molecule has 2 aliphatic carbocycles. The van der Waals surface area contributed by atoms with Gasteiger partial charge in [-0.05, 0) is 45.1 Å². The van der Waals surface area contributed by atoms with E-state index in [1.165, 1.54) is 36.8 Å². The first kappa shape index (κ1) is 15.1. The predicted octanol–water partition coefficient (Wildman–Crippen LogP) is 4.38.